The molecule has 0 bridgehead atoms. The Balaban J connectivity index is 1.61. The molecule has 1 fully saturated rings. The van der Waals surface area contributed by atoms with E-state index in [9.17, 15) is 19.1 Å². The molecule has 2 aliphatic rings. The predicted octanol–water partition coefficient (Wildman–Crippen LogP) is 2.72. The van der Waals surface area contributed by atoms with Crippen LogP contribution in [-0.2, 0) is 22.3 Å². The van der Waals surface area contributed by atoms with Crippen molar-refractivity contribution >= 4 is 11.9 Å². The average molecular weight is 457 g/mol. The molecule has 33 heavy (non-hydrogen) atoms. The predicted molar refractivity (Wildman–Crippen MR) is 118 cm³/mol. The molecule has 0 aromatic heterocycles. The first-order chi connectivity index (χ1) is 15.9. The lowest BCUT2D eigenvalue weighted by atomic mass is 9.92. The number of benzene rings is 2. The van der Waals surface area contributed by atoms with Gasteiger partial charge in [0.15, 0.2) is 0 Å². The van der Waals surface area contributed by atoms with E-state index in [1.54, 1.807) is 19.1 Å². The van der Waals surface area contributed by atoms with Crippen LogP contribution in [0.2, 0.25) is 0 Å². The van der Waals surface area contributed by atoms with E-state index in [0.717, 1.165) is 16.7 Å². The third-order valence-corrected chi connectivity index (χ3v) is 6.18. The van der Waals surface area contributed by atoms with Crippen molar-refractivity contribution in [2.45, 2.75) is 45.3 Å². The first kappa shape index (κ1) is 23.2. The summed E-state index contributed by atoms with van der Waals surface area (Å²) in [7, 11) is 0. The summed E-state index contributed by atoms with van der Waals surface area (Å²) in [5.74, 6) is -1.08. The summed E-state index contributed by atoms with van der Waals surface area (Å²) in [5, 5.41) is 13.0. The zero-order valence-electron chi connectivity index (χ0n) is 18.8. The Morgan fingerprint density at radius 1 is 1.24 bits per heavy atom. The van der Waals surface area contributed by atoms with Crippen LogP contribution in [0.3, 0.4) is 0 Å². The first-order valence-electron chi connectivity index (χ1n) is 11.2. The van der Waals surface area contributed by atoms with Crippen LogP contribution in [-0.4, -0.2) is 55.6 Å². The molecule has 2 aromatic carbocycles. The summed E-state index contributed by atoms with van der Waals surface area (Å²) in [6.07, 6.45) is 0.841. The number of hydrogen-bond acceptors (Lipinski definition) is 6. The lowest BCUT2D eigenvalue weighted by Gasteiger charge is -2.28. The molecule has 2 aliphatic heterocycles. The van der Waals surface area contributed by atoms with Gasteiger partial charge in [-0.25, -0.2) is 9.18 Å². The van der Waals surface area contributed by atoms with E-state index in [4.69, 9.17) is 14.2 Å². The van der Waals surface area contributed by atoms with Crippen molar-refractivity contribution in [3.8, 4) is 5.75 Å². The lowest BCUT2D eigenvalue weighted by molar-refractivity contribution is -0.0261. The third-order valence-electron chi connectivity index (χ3n) is 6.18. The van der Waals surface area contributed by atoms with E-state index >= 15 is 0 Å². The van der Waals surface area contributed by atoms with E-state index in [1.807, 2.05) is 6.92 Å². The zero-order chi connectivity index (χ0) is 23.5. The second kappa shape index (κ2) is 9.89. The van der Waals surface area contributed by atoms with Crippen LogP contribution >= 0.6 is 0 Å². The number of ether oxygens (including phenoxy) is 3. The van der Waals surface area contributed by atoms with Gasteiger partial charge in [-0.1, -0.05) is 6.07 Å². The maximum atomic E-state index is 14.5. The third kappa shape index (κ3) is 4.86. The van der Waals surface area contributed by atoms with Gasteiger partial charge in [0, 0.05) is 18.6 Å². The fourth-order valence-corrected chi connectivity index (χ4v) is 4.35. The maximum Gasteiger partial charge on any atom is 0.341 e. The number of carbonyl (C=O) groups is 2. The van der Waals surface area contributed by atoms with Crippen molar-refractivity contribution in [3.05, 3.63) is 63.5 Å². The molecule has 0 radical (unpaired) electrons. The van der Waals surface area contributed by atoms with Crippen molar-refractivity contribution in [3.63, 3.8) is 0 Å². The van der Waals surface area contributed by atoms with Crippen LogP contribution in [0.1, 0.15) is 56.3 Å². The van der Waals surface area contributed by atoms with Crippen LogP contribution in [0.15, 0.2) is 24.3 Å². The normalized spacial score (nSPS) is 19.5. The van der Waals surface area contributed by atoms with Gasteiger partial charge in [-0.3, -0.25) is 4.79 Å². The minimum absolute atomic E-state index is 0.102. The topological polar surface area (TPSA) is 94.1 Å². The van der Waals surface area contributed by atoms with Crippen molar-refractivity contribution in [1.29, 1.82) is 0 Å². The standard InChI is InChI=1S/C25H28FNO6/c1-3-32-25(30)18-5-4-15(11-20(18)26)10-16-12-19(23-17(14(16)2)6-9-33-23)24(29)27-21-7-8-31-13-22(21)28/h4-5,11-12,21-22,28H,3,6-10,13H2,1-2H3,(H,27,29)/t21-,22-/m0/s1. The van der Waals surface area contributed by atoms with Crippen molar-refractivity contribution in [2.75, 3.05) is 26.4 Å². The molecule has 7 nitrogen and oxygen atoms in total. The summed E-state index contributed by atoms with van der Waals surface area (Å²) < 4.78 is 30.4. The van der Waals surface area contributed by atoms with Crippen molar-refractivity contribution in [1.82, 2.24) is 5.32 Å². The van der Waals surface area contributed by atoms with Crippen LogP contribution < -0.4 is 10.1 Å². The molecule has 1 amide bonds. The monoisotopic (exact) mass is 457 g/mol. The second-order valence-electron chi connectivity index (χ2n) is 8.34. The highest BCUT2D eigenvalue weighted by Crippen LogP contribution is 2.35. The Hall–Kier alpha value is -2.97. The molecule has 2 heterocycles. The Labute approximate surface area is 191 Å². The highest BCUT2D eigenvalue weighted by Gasteiger charge is 2.29. The summed E-state index contributed by atoms with van der Waals surface area (Å²) in [5.41, 5.74) is 3.82. The van der Waals surface area contributed by atoms with Crippen LogP contribution in [0.4, 0.5) is 4.39 Å². The Kier molecular flexibility index (Phi) is 6.95. The minimum Gasteiger partial charge on any atom is -0.492 e. The fraction of sp³-hybridized carbons (Fsp3) is 0.440. The van der Waals surface area contributed by atoms with Gasteiger partial charge in [-0.2, -0.15) is 0 Å². The number of esters is 1. The number of hydrogen-bond donors (Lipinski definition) is 2. The lowest BCUT2D eigenvalue weighted by Crippen LogP contribution is -2.48. The van der Waals surface area contributed by atoms with Gasteiger partial charge in [0.1, 0.15) is 11.6 Å². The first-order valence-corrected chi connectivity index (χ1v) is 11.2. The van der Waals surface area contributed by atoms with Gasteiger partial charge >= 0.3 is 5.97 Å². The number of halogens is 1. The SMILES string of the molecule is CCOC(=O)c1ccc(Cc2cc(C(=O)N[C@H]3CCOC[C@@H]3O)c3c(c2C)CCO3)cc1F. The van der Waals surface area contributed by atoms with Gasteiger partial charge < -0.3 is 24.6 Å². The molecule has 1 saturated heterocycles. The molecule has 0 aliphatic carbocycles. The van der Waals surface area contributed by atoms with E-state index in [1.165, 1.54) is 12.1 Å². The number of carbonyl (C=O) groups excluding carboxylic acids is 2. The fourth-order valence-electron chi connectivity index (χ4n) is 4.35. The maximum absolute atomic E-state index is 14.5. The van der Waals surface area contributed by atoms with E-state index in [2.05, 4.69) is 5.32 Å². The largest absolute Gasteiger partial charge is 0.492 e. The molecule has 0 saturated carbocycles. The number of nitrogens with one attached hydrogen (secondary N) is 1. The number of fused-ring (bicyclic) bond motifs is 1. The Morgan fingerprint density at radius 2 is 2.06 bits per heavy atom. The van der Waals surface area contributed by atoms with Gasteiger partial charge in [0.05, 0.1) is 43.1 Å². The number of amides is 1. The average Bonchev–Trinajstić information content (AvgIpc) is 3.28. The van der Waals surface area contributed by atoms with Crippen LogP contribution in [0, 0.1) is 12.7 Å². The van der Waals surface area contributed by atoms with Gasteiger partial charge in [-0.05, 0) is 61.6 Å². The van der Waals surface area contributed by atoms with Crippen molar-refractivity contribution < 1.29 is 33.3 Å². The molecule has 8 heteroatoms. The van der Waals surface area contributed by atoms with E-state index in [-0.39, 0.29) is 24.7 Å². The zero-order valence-corrected chi connectivity index (χ0v) is 18.8. The summed E-state index contributed by atoms with van der Waals surface area (Å²) in [6, 6.07) is 5.83. The molecule has 2 atom stereocenters. The van der Waals surface area contributed by atoms with E-state index < -0.39 is 23.9 Å². The minimum atomic E-state index is -0.762. The van der Waals surface area contributed by atoms with E-state index in [0.29, 0.717) is 49.4 Å². The molecule has 176 valence electrons. The molecule has 0 unspecified atom stereocenters. The Morgan fingerprint density at radius 3 is 2.79 bits per heavy atom. The molecule has 2 aromatic rings. The summed E-state index contributed by atoms with van der Waals surface area (Å²) >= 11 is 0. The number of rotatable bonds is 6. The summed E-state index contributed by atoms with van der Waals surface area (Å²) in [6.45, 7) is 4.96. The van der Waals surface area contributed by atoms with Crippen LogP contribution in [0.5, 0.6) is 5.75 Å². The molecule has 4 rings (SSSR count). The molecule has 2 N–H and O–H groups in total. The van der Waals surface area contributed by atoms with Gasteiger partial charge in [0.25, 0.3) is 5.91 Å². The smallest absolute Gasteiger partial charge is 0.341 e. The number of aliphatic hydroxyl groups excluding tert-OH is 1. The van der Waals surface area contributed by atoms with Gasteiger partial charge in [-0.15, -0.1) is 0 Å². The molecule has 0 spiro atoms. The van der Waals surface area contributed by atoms with Crippen molar-refractivity contribution in [2.24, 2.45) is 0 Å². The quantitative estimate of drug-likeness (QED) is 0.648. The Bertz CT molecular complexity index is 1070. The number of aliphatic hydroxyl groups is 1. The molecular formula is C25H28FNO6. The van der Waals surface area contributed by atoms with Crippen LogP contribution in [0.25, 0.3) is 0 Å². The highest BCUT2D eigenvalue weighted by molar-refractivity contribution is 5.98. The van der Waals surface area contributed by atoms with Gasteiger partial charge in [0.2, 0.25) is 0 Å². The molecular weight excluding hydrogens is 429 g/mol. The second-order valence-corrected chi connectivity index (χ2v) is 8.34. The summed E-state index contributed by atoms with van der Waals surface area (Å²) in [4.78, 5) is 25.0. The highest BCUT2D eigenvalue weighted by atomic mass is 19.1.